The highest BCUT2D eigenvalue weighted by molar-refractivity contribution is 7.25. The molecule has 0 spiro atoms. The molecule has 60 heavy (non-hydrogen) atoms. The van der Waals surface area contributed by atoms with Gasteiger partial charge in [-0.05, 0) is 123 Å². The van der Waals surface area contributed by atoms with Crippen molar-refractivity contribution in [3.8, 4) is 39.1 Å². The van der Waals surface area contributed by atoms with E-state index in [0.717, 1.165) is 22.7 Å². The molecule has 11 aromatic rings. The van der Waals surface area contributed by atoms with Crippen LogP contribution in [0.25, 0.3) is 81.0 Å². The maximum absolute atomic E-state index is 2.44. The van der Waals surface area contributed by atoms with Crippen LogP contribution in [0.15, 0.2) is 206 Å². The number of benzene rings is 9. The zero-order valence-corrected chi connectivity index (χ0v) is 34.2. The highest BCUT2D eigenvalue weighted by atomic mass is 32.1. The van der Waals surface area contributed by atoms with Crippen LogP contribution < -0.4 is 4.90 Å². The minimum atomic E-state index is -0.118. The van der Waals surface area contributed by atoms with Gasteiger partial charge < -0.3 is 9.47 Å². The molecule has 0 bridgehead atoms. The Morgan fingerprint density at radius 3 is 1.78 bits per heavy atom. The number of thiophene rings is 1. The number of hydrogen-bond donors (Lipinski definition) is 0. The molecule has 0 N–H and O–H groups in total. The quantitative estimate of drug-likeness (QED) is 0.163. The molecular formula is C57H40N2S. The number of anilines is 3. The molecule has 0 fully saturated rings. The minimum absolute atomic E-state index is 0.118. The lowest BCUT2D eigenvalue weighted by molar-refractivity contribution is 0.660. The van der Waals surface area contributed by atoms with E-state index >= 15 is 0 Å². The van der Waals surface area contributed by atoms with Gasteiger partial charge >= 0.3 is 0 Å². The number of rotatable bonds is 6. The maximum atomic E-state index is 2.44. The van der Waals surface area contributed by atoms with Crippen molar-refractivity contribution >= 4 is 70.4 Å². The van der Waals surface area contributed by atoms with E-state index in [2.05, 4.69) is 230 Å². The van der Waals surface area contributed by atoms with Crippen molar-refractivity contribution in [2.24, 2.45) is 0 Å². The smallest absolute Gasteiger partial charge is 0.0542 e. The van der Waals surface area contributed by atoms with Crippen LogP contribution in [0.1, 0.15) is 25.0 Å². The molecule has 0 atom stereocenters. The fraction of sp³-hybridized carbons (Fsp3) is 0.0526. The lowest BCUT2D eigenvalue weighted by atomic mass is 9.82. The molecule has 1 aliphatic carbocycles. The van der Waals surface area contributed by atoms with E-state index in [4.69, 9.17) is 0 Å². The average molecular weight is 785 g/mol. The molecule has 3 heteroatoms. The molecule has 0 unspecified atom stereocenters. The molecule has 9 aromatic carbocycles. The van der Waals surface area contributed by atoms with Crippen molar-refractivity contribution in [2.45, 2.75) is 19.3 Å². The predicted octanol–water partition coefficient (Wildman–Crippen LogP) is 16.3. The number of para-hydroxylation sites is 1. The van der Waals surface area contributed by atoms with E-state index in [1.807, 2.05) is 11.3 Å². The Labute approximate surface area is 353 Å². The van der Waals surface area contributed by atoms with Crippen LogP contribution in [0, 0.1) is 0 Å². The number of hydrogen-bond acceptors (Lipinski definition) is 2. The standard InChI is InChI=1S/C57H40N2S/c1-57(2)51-19-11-9-17-45(51)46-30-27-44(36-52(46)57)58(42-25-21-38(22-26-42)37-13-5-3-6-14-37)43-28-32-54-50(35-43)49-33-39(24-31-53(49)59(54)41-15-7-4-8-16-41)40-23-29-48-47-18-10-12-20-55(47)60-56(48)34-40/h3-36H,1-2H3. The van der Waals surface area contributed by atoms with Crippen molar-refractivity contribution in [1.82, 2.24) is 4.57 Å². The largest absolute Gasteiger partial charge is 0.310 e. The number of nitrogens with zero attached hydrogens (tertiary/aromatic N) is 2. The SMILES string of the molecule is CC1(C)c2ccccc2-c2ccc(N(c3ccc(-c4ccccc4)cc3)c3ccc4c(c3)c3cc(-c5ccc6c(c5)sc5ccccc56)ccc3n4-c3ccccc3)cc21. The summed E-state index contributed by atoms with van der Waals surface area (Å²) in [5.41, 5.74) is 17.0. The summed E-state index contributed by atoms with van der Waals surface area (Å²) in [6.45, 7) is 4.72. The van der Waals surface area contributed by atoms with Crippen LogP contribution in [0.5, 0.6) is 0 Å². The van der Waals surface area contributed by atoms with Crippen LogP contribution in [-0.4, -0.2) is 4.57 Å². The summed E-state index contributed by atoms with van der Waals surface area (Å²) >= 11 is 1.87. The Bertz CT molecular complexity index is 3450. The van der Waals surface area contributed by atoms with Gasteiger partial charge in [0.2, 0.25) is 0 Å². The summed E-state index contributed by atoms with van der Waals surface area (Å²) in [5, 5.41) is 5.10. The molecule has 0 radical (unpaired) electrons. The van der Waals surface area contributed by atoms with Crippen molar-refractivity contribution < 1.29 is 0 Å². The zero-order chi connectivity index (χ0) is 40.0. The average Bonchev–Trinajstić information content (AvgIpc) is 3.92. The second-order valence-corrected chi connectivity index (χ2v) is 17.6. The van der Waals surface area contributed by atoms with E-state index < -0.39 is 0 Å². The van der Waals surface area contributed by atoms with Gasteiger partial charge in [-0.3, -0.25) is 0 Å². The van der Waals surface area contributed by atoms with Gasteiger partial charge in [0.25, 0.3) is 0 Å². The van der Waals surface area contributed by atoms with Gasteiger partial charge in [-0.1, -0.05) is 141 Å². The first-order chi connectivity index (χ1) is 29.5. The van der Waals surface area contributed by atoms with E-state index in [-0.39, 0.29) is 5.41 Å². The third-order valence-corrected chi connectivity index (χ3v) is 13.9. The van der Waals surface area contributed by atoms with Gasteiger partial charge in [0.05, 0.1) is 11.0 Å². The Balaban J connectivity index is 1.06. The van der Waals surface area contributed by atoms with Crippen molar-refractivity contribution in [2.75, 3.05) is 4.90 Å². The summed E-state index contributed by atoms with van der Waals surface area (Å²) in [4.78, 5) is 2.44. The van der Waals surface area contributed by atoms with Gasteiger partial charge in [-0.2, -0.15) is 0 Å². The van der Waals surface area contributed by atoms with Gasteiger partial charge in [-0.15, -0.1) is 11.3 Å². The number of fused-ring (bicyclic) bond motifs is 9. The van der Waals surface area contributed by atoms with Gasteiger partial charge in [-0.25, -0.2) is 0 Å². The van der Waals surface area contributed by atoms with E-state index in [9.17, 15) is 0 Å². The first kappa shape index (κ1) is 34.8. The normalized spacial score (nSPS) is 13.0. The summed E-state index contributed by atoms with van der Waals surface area (Å²) < 4.78 is 5.06. The third-order valence-electron chi connectivity index (χ3n) is 12.8. The molecule has 0 saturated heterocycles. The van der Waals surface area contributed by atoms with Crippen LogP contribution in [-0.2, 0) is 5.41 Å². The molecule has 2 nitrogen and oxygen atoms in total. The Kier molecular flexibility index (Phi) is 7.79. The zero-order valence-electron chi connectivity index (χ0n) is 33.4. The molecule has 0 amide bonds. The molecular weight excluding hydrogens is 745 g/mol. The first-order valence-electron chi connectivity index (χ1n) is 20.7. The topological polar surface area (TPSA) is 8.17 Å². The Hall–Kier alpha value is -7.20. The third kappa shape index (κ3) is 5.40. The fourth-order valence-electron chi connectivity index (χ4n) is 9.80. The summed E-state index contributed by atoms with van der Waals surface area (Å²) in [6, 6.07) is 76.2. The molecule has 2 aromatic heterocycles. The van der Waals surface area contributed by atoms with Gasteiger partial charge in [0.15, 0.2) is 0 Å². The van der Waals surface area contributed by atoms with Crippen molar-refractivity contribution in [3.05, 3.63) is 217 Å². The van der Waals surface area contributed by atoms with Crippen molar-refractivity contribution in [1.29, 1.82) is 0 Å². The van der Waals surface area contributed by atoms with Gasteiger partial charge in [0.1, 0.15) is 0 Å². The monoisotopic (exact) mass is 784 g/mol. The molecule has 1 aliphatic rings. The van der Waals surface area contributed by atoms with E-state index in [0.29, 0.717) is 0 Å². The van der Waals surface area contributed by atoms with E-state index in [1.165, 1.54) is 86.5 Å². The van der Waals surface area contributed by atoms with Crippen LogP contribution in [0.4, 0.5) is 17.1 Å². The van der Waals surface area contributed by atoms with Crippen LogP contribution in [0.2, 0.25) is 0 Å². The van der Waals surface area contributed by atoms with Crippen LogP contribution in [0.3, 0.4) is 0 Å². The van der Waals surface area contributed by atoms with Crippen LogP contribution >= 0.6 is 11.3 Å². The summed E-state index contributed by atoms with van der Waals surface area (Å²) in [5.74, 6) is 0. The highest BCUT2D eigenvalue weighted by Gasteiger charge is 2.35. The Morgan fingerprint density at radius 1 is 0.383 bits per heavy atom. The fourth-order valence-corrected chi connectivity index (χ4v) is 10.9. The van der Waals surface area contributed by atoms with Gasteiger partial charge in [0, 0.05) is 59.1 Å². The molecule has 0 aliphatic heterocycles. The Morgan fingerprint density at radius 2 is 0.950 bits per heavy atom. The summed E-state index contributed by atoms with van der Waals surface area (Å²) in [6.07, 6.45) is 0. The second-order valence-electron chi connectivity index (χ2n) is 16.6. The predicted molar refractivity (Wildman–Crippen MR) is 257 cm³/mol. The highest BCUT2D eigenvalue weighted by Crippen LogP contribution is 2.51. The number of aromatic nitrogens is 1. The minimum Gasteiger partial charge on any atom is -0.310 e. The maximum Gasteiger partial charge on any atom is 0.0542 e. The molecule has 2 heterocycles. The molecule has 0 saturated carbocycles. The summed E-state index contributed by atoms with van der Waals surface area (Å²) in [7, 11) is 0. The molecule has 284 valence electrons. The molecule has 12 rings (SSSR count). The lowest BCUT2D eigenvalue weighted by Gasteiger charge is -2.28. The first-order valence-corrected chi connectivity index (χ1v) is 21.6. The van der Waals surface area contributed by atoms with E-state index in [1.54, 1.807) is 0 Å². The van der Waals surface area contributed by atoms with Crippen molar-refractivity contribution in [3.63, 3.8) is 0 Å². The lowest BCUT2D eigenvalue weighted by Crippen LogP contribution is -2.16. The second kappa shape index (κ2) is 13.4.